The molecular weight excluding hydrogens is 243 g/mol. The fraction of sp³-hybridized carbons (Fsp3) is 0.375. The Balaban J connectivity index is 2.48. The summed E-state index contributed by atoms with van der Waals surface area (Å²) >= 11 is 0. The number of H-pyrrole nitrogens is 1. The third-order valence-corrected chi connectivity index (χ3v) is 1.71. The topological polar surface area (TPSA) is 95.1 Å². The van der Waals surface area contributed by atoms with Crippen molar-refractivity contribution in [2.45, 2.75) is 19.0 Å². The highest BCUT2D eigenvalue weighted by atomic mass is 19.4. The SMILES string of the molecule is O=C(CCC(F)(F)F)Nc1cc(C(=O)O)[nH]n1. The number of aromatic carboxylic acids is 1. The van der Waals surface area contributed by atoms with E-state index >= 15 is 0 Å². The van der Waals surface area contributed by atoms with Crippen LogP contribution in [0.15, 0.2) is 6.07 Å². The van der Waals surface area contributed by atoms with E-state index in [9.17, 15) is 22.8 Å². The monoisotopic (exact) mass is 251 g/mol. The molecule has 0 fully saturated rings. The number of carboxylic acid groups (broad SMARTS) is 1. The Morgan fingerprint density at radius 2 is 2.12 bits per heavy atom. The number of halogens is 3. The predicted molar refractivity (Wildman–Crippen MR) is 49.5 cm³/mol. The maximum Gasteiger partial charge on any atom is 0.389 e. The number of aromatic amines is 1. The summed E-state index contributed by atoms with van der Waals surface area (Å²) in [7, 11) is 0. The van der Waals surface area contributed by atoms with Crippen LogP contribution in [0.4, 0.5) is 19.0 Å². The molecule has 0 aliphatic rings. The van der Waals surface area contributed by atoms with E-state index in [1.165, 1.54) is 0 Å². The highest BCUT2D eigenvalue weighted by molar-refractivity contribution is 5.92. The number of nitrogens with zero attached hydrogens (tertiary/aromatic N) is 1. The summed E-state index contributed by atoms with van der Waals surface area (Å²) in [5.74, 6) is -2.30. The van der Waals surface area contributed by atoms with Crippen LogP contribution in [0.5, 0.6) is 0 Å². The molecule has 0 aromatic carbocycles. The number of hydrogen-bond acceptors (Lipinski definition) is 3. The number of anilines is 1. The van der Waals surface area contributed by atoms with E-state index in [0.29, 0.717) is 0 Å². The zero-order chi connectivity index (χ0) is 13.1. The molecule has 0 atom stereocenters. The van der Waals surface area contributed by atoms with Crippen molar-refractivity contribution < 1.29 is 27.9 Å². The second kappa shape index (κ2) is 4.85. The maximum absolute atomic E-state index is 11.8. The fourth-order valence-corrected chi connectivity index (χ4v) is 0.956. The van der Waals surface area contributed by atoms with E-state index in [1.807, 2.05) is 5.32 Å². The molecule has 0 unspecified atom stereocenters. The van der Waals surface area contributed by atoms with Gasteiger partial charge in [0, 0.05) is 12.5 Å². The normalized spacial score (nSPS) is 11.2. The minimum atomic E-state index is -4.41. The predicted octanol–water partition coefficient (Wildman–Crippen LogP) is 1.39. The van der Waals surface area contributed by atoms with E-state index in [-0.39, 0.29) is 11.5 Å². The Labute approximate surface area is 92.8 Å². The highest BCUT2D eigenvalue weighted by Gasteiger charge is 2.28. The molecule has 1 aromatic heterocycles. The van der Waals surface area contributed by atoms with Crippen molar-refractivity contribution in [3.05, 3.63) is 11.8 Å². The summed E-state index contributed by atoms with van der Waals surface area (Å²) in [5.41, 5.74) is -0.267. The number of carbonyl (C=O) groups excluding carboxylic acids is 1. The van der Waals surface area contributed by atoms with Crippen LogP contribution in [-0.2, 0) is 4.79 Å². The summed E-state index contributed by atoms with van der Waals surface area (Å²) in [5, 5.41) is 16.1. The van der Waals surface area contributed by atoms with Gasteiger partial charge in [-0.1, -0.05) is 0 Å². The molecule has 9 heteroatoms. The van der Waals surface area contributed by atoms with Gasteiger partial charge >= 0.3 is 12.1 Å². The van der Waals surface area contributed by atoms with Crippen molar-refractivity contribution >= 4 is 17.7 Å². The zero-order valence-electron chi connectivity index (χ0n) is 8.34. The van der Waals surface area contributed by atoms with Gasteiger partial charge in [-0.25, -0.2) is 4.79 Å². The number of aromatic nitrogens is 2. The lowest BCUT2D eigenvalue weighted by atomic mass is 10.3. The quantitative estimate of drug-likeness (QED) is 0.753. The lowest BCUT2D eigenvalue weighted by Gasteiger charge is -2.05. The molecule has 0 saturated heterocycles. The average molecular weight is 251 g/mol. The Hall–Kier alpha value is -2.06. The van der Waals surface area contributed by atoms with Crippen molar-refractivity contribution in [2.24, 2.45) is 0 Å². The molecule has 1 rings (SSSR count). The summed E-state index contributed by atoms with van der Waals surface area (Å²) < 4.78 is 35.4. The molecule has 3 N–H and O–H groups in total. The minimum Gasteiger partial charge on any atom is -0.477 e. The van der Waals surface area contributed by atoms with Gasteiger partial charge in [0.15, 0.2) is 5.82 Å². The molecule has 1 heterocycles. The van der Waals surface area contributed by atoms with Gasteiger partial charge in [0.25, 0.3) is 0 Å². The molecule has 0 radical (unpaired) electrons. The maximum atomic E-state index is 11.8. The van der Waals surface area contributed by atoms with Crippen molar-refractivity contribution in [3.8, 4) is 0 Å². The molecule has 0 saturated carbocycles. The lowest BCUT2D eigenvalue weighted by Crippen LogP contribution is -2.16. The van der Waals surface area contributed by atoms with Crippen molar-refractivity contribution in [1.82, 2.24) is 10.2 Å². The summed E-state index contributed by atoms with van der Waals surface area (Å²) in [6, 6.07) is 1.01. The number of carbonyl (C=O) groups is 2. The molecule has 0 aliphatic carbocycles. The summed E-state index contributed by atoms with van der Waals surface area (Å²) in [6.45, 7) is 0. The van der Waals surface area contributed by atoms with Crippen LogP contribution >= 0.6 is 0 Å². The number of rotatable bonds is 4. The van der Waals surface area contributed by atoms with Gasteiger partial charge < -0.3 is 10.4 Å². The minimum absolute atomic E-state index is 0.130. The Bertz CT molecular complexity index is 427. The highest BCUT2D eigenvalue weighted by Crippen LogP contribution is 2.21. The fourth-order valence-electron chi connectivity index (χ4n) is 0.956. The van der Waals surface area contributed by atoms with Crippen molar-refractivity contribution in [3.63, 3.8) is 0 Å². The van der Waals surface area contributed by atoms with E-state index in [2.05, 4.69) is 10.2 Å². The zero-order valence-corrected chi connectivity index (χ0v) is 8.34. The van der Waals surface area contributed by atoms with E-state index in [0.717, 1.165) is 6.07 Å². The van der Waals surface area contributed by atoms with Gasteiger partial charge in [-0.05, 0) is 0 Å². The first-order valence-corrected chi connectivity index (χ1v) is 4.43. The van der Waals surface area contributed by atoms with Gasteiger partial charge in [0.2, 0.25) is 5.91 Å². The van der Waals surface area contributed by atoms with Crippen LogP contribution in [0.1, 0.15) is 23.3 Å². The van der Waals surface area contributed by atoms with Gasteiger partial charge in [-0.15, -0.1) is 0 Å². The molecule has 1 aromatic rings. The third-order valence-electron chi connectivity index (χ3n) is 1.71. The van der Waals surface area contributed by atoms with Gasteiger partial charge in [-0.3, -0.25) is 9.89 Å². The number of alkyl halides is 3. The van der Waals surface area contributed by atoms with Crippen LogP contribution in [0.25, 0.3) is 0 Å². The molecule has 0 aliphatic heterocycles. The van der Waals surface area contributed by atoms with Gasteiger partial charge in [-0.2, -0.15) is 18.3 Å². The Kier molecular flexibility index (Phi) is 3.71. The largest absolute Gasteiger partial charge is 0.477 e. The number of amides is 1. The molecule has 0 bridgehead atoms. The van der Waals surface area contributed by atoms with E-state index < -0.39 is 30.9 Å². The Morgan fingerprint density at radius 1 is 1.47 bits per heavy atom. The lowest BCUT2D eigenvalue weighted by molar-refractivity contribution is -0.142. The van der Waals surface area contributed by atoms with Crippen LogP contribution in [0.2, 0.25) is 0 Å². The van der Waals surface area contributed by atoms with Crippen LogP contribution in [0.3, 0.4) is 0 Å². The third kappa shape index (κ3) is 4.53. The van der Waals surface area contributed by atoms with E-state index in [1.54, 1.807) is 0 Å². The molecule has 6 nitrogen and oxygen atoms in total. The molecule has 17 heavy (non-hydrogen) atoms. The van der Waals surface area contributed by atoms with Gasteiger partial charge in [0.1, 0.15) is 5.69 Å². The average Bonchev–Trinajstić information content (AvgIpc) is 2.62. The van der Waals surface area contributed by atoms with Crippen LogP contribution in [-0.4, -0.2) is 33.4 Å². The van der Waals surface area contributed by atoms with E-state index in [4.69, 9.17) is 5.11 Å². The molecular formula is C8H8F3N3O3. The molecule has 0 spiro atoms. The summed E-state index contributed by atoms with van der Waals surface area (Å²) in [4.78, 5) is 21.5. The number of nitrogens with one attached hydrogen (secondary N) is 2. The van der Waals surface area contributed by atoms with Gasteiger partial charge in [0.05, 0.1) is 6.42 Å². The molecule has 94 valence electrons. The second-order valence-electron chi connectivity index (χ2n) is 3.14. The van der Waals surface area contributed by atoms with Crippen molar-refractivity contribution in [2.75, 3.05) is 5.32 Å². The van der Waals surface area contributed by atoms with Crippen LogP contribution in [0, 0.1) is 0 Å². The van der Waals surface area contributed by atoms with Crippen LogP contribution < -0.4 is 5.32 Å². The first-order valence-electron chi connectivity index (χ1n) is 4.43. The molecule has 1 amide bonds. The first-order chi connectivity index (χ1) is 7.78. The summed E-state index contributed by atoms with van der Waals surface area (Å²) in [6.07, 6.45) is -6.39. The standard InChI is InChI=1S/C8H8F3N3O3/c9-8(10,11)2-1-6(15)12-5-3-4(7(16)17)13-14-5/h3H,1-2H2,(H,16,17)(H2,12,13,14,15). The second-order valence-corrected chi connectivity index (χ2v) is 3.14. The number of hydrogen-bond donors (Lipinski definition) is 3. The Morgan fingerprint density at radius 3 is 2.59 bits per heavy atom. The first kappa shape index (κ1) is 13.0. The smallest absolute Gasteiger partial charge is 0.389 e. The number of carboxylic acids is 1. The van der Waals surface area contributed by atoms with Crippen molar-refractivity contribution in [1.29, 1.82) is 0 Å².